The van der Waals surface area contributed by atoms with E-state index in [4.69, 9.17) is 9.47 Å². The van der Waals surface area contributed by atoms with Crippen LogP contribution in [0.5, 0.6) is 0 Å². The zero-order chi connectivity index (χ0) is 19.7. The molecule has 0 aromatic carbocycles. The number of rotatable bonds is 18. The minimum absolute atomic E-state index is 0.303. The Labute approximate surface area is 162 Å². The fourth-order valence-corrected chi connectivity index (χ4v) is 2.87. The highest BCUT2D eigenvalue weighted by molar-refractivity contribution is 5.86. The van der Waals surface area contributed by atoms with Crippen LogP contribution < -0.4 is 0 Å². The van der Waals surface area contributed by atoms with E-state index >= 15 is 0 Å². The lowest BCUT2D eigenvalue weighted by atomic mass is 10.1. The number of hydrogen-bond donors (Lipinski definition) is 0. The maximum absolute atomic E-state index is 11.2. The molecule has 0 unspecified atom stereocenters. The third-order valence-electron chi connectivity index (χ3n) is 4.77. The van der Waals surface area contributed by atoms with E-state index < -0.39 is 0 Å². The molecule has 0 N–H and O–H groups in total. The van der Waals surface area contributed by atoms with Gasteiger partial charge in [0.2, 0.25) is 0 Å². The molecule has 4 heteroatoms. The summed E-state index contributed by atoms with van der Waals surface area (Å²) < 4.78 is 11.6. The molecule has 0 aliphatic carbocycles. The van der Waals surface area contributed by atoms with Crippen LogP contribution in [0, 0.1) is 0 Å². The lowest BCUT2D eigenvalue weighted by Gasteiger charge is -2.29. The number of likely N-dealkylation sites (N-methyl/N-ethyl adjacent to an activating group) is 1. The summed E-state index contributed by atoms with van der Waals surface area (Å²) in [7, 11) is 4.52. The lowest BCUT2D eigenvalue weighted by Crippen LogP contribution is -2.43. The zero-order valence-corrected chi connectivity index (χ0v) is 18.0. The first-order valence-corrected chi connectivity index (χ1v) is 10.6. The van der Waals surface area contributed by atoms with Gasteiger partial charge in [-0.05, 0) is 19.8 Å². The van der Waals surface area contributed by atoms with E-state index in [-0.39, 0.29) is 5.97 Å². The molecule has 0 aliphatic rings. The average Bonchev–Trinajstić information content (AvgIpc) is 2.59. The molecule has 0 spiro atoms. The molecule has 4 nitrogen and oxygen atoms in total. The van der Waals surface area contributed by atoms with Crippen molar-refractivity contribution in [3.05, 3.63) is 12.2 Å². The molecule has 0 radical (unpaired) electrons. The molecule has 0 rings (SSSR count). The Hall–Kier alpha value is -0.870. The summed E-state index contributed by atoms with van der Waals surface area (Å²) in [5.41, 5.74) is 0.430. The smallest absolute Gasteiger partial charge is 0.333 e. The van der Waals surface area contributed by atoms with Crippen molar-refractivity contribution < 1.29 is 18.8 Å². The maximum atomic E-state index is 11.2. The first-order valence-electron chi connectivity index (χ1n) is 10.6. The third-order valence-corrected chi connectivity index (χ3v) is 4.77. The van der Waals surface area contributed by atoms with E-state index in [0.29, 0.717) is 25.4 Å². The Kier molecular flexibility index (Phi) is 15.8. The monoisotopic (exact) mass is 370 g/mol. The first kappa shape index (κ1) is 25.1. The van der Waals surface area contributed by atoms with Crippen molar-refractivity contribution in [2.45, 2.75) is 78.1 Å². The highest BCUT2D eigenvalue weighted by atomic mass is 16.6. The van der Waals surface area contributed by atoms with Crippen molar-refractivity contribution in [3.63, 3.8) is 0 Å². The van der Waals surface area contributed by atoms with Crippen LogP contribution in [-0.4, -0.2) is 57.5 Å². The quantitative estimate of drug-likeness (QED) is 0.145. The number of carbonyl (C=O) groups excluding carboxylic acids is 1. The second-order valence-electron chi connectivity index (χ2n) is 8.09. The van der Waals surface area contributed by atoms with Crippen LogP contribution >= 0.6 is 0 Å². The van der Waals surface area contributed by atoms with E-state index in [1.54, 1.807) is 6.92 Å². The van der Waals surface area contributed by atoms with Gasteiger partial charge in [-0.1, -0.05) is 64.9 Å². The van der Waals surface area contributed by atoms with Gasteiger partial charge in [-0.3, -0.25) is 0 Å². The summed E-state index contributed by atoms with van der Waals surface area (Å²) in [6.45, 7) is 11.1. The van der Waals surface area contributed by atoms with Gasteiger partial charge in [-0.2, -0.15) is 0 Å². The van der Waals surface area contributed by atoms with Gasteiger partial charge in [0.1, 0.15) is 13.2 Å². The van der Waals surface area contributed by atoms with Crippen LogP contribution in [0.2, 0.25) is 0 Å². The van der Waals surface area contributed by atoms with E-state index in [0.717, 1.165) is 11.0 Å². The summed E-state index contributed by atoms with van der Waals surface area (Å²) in [6.07, 6.45) is 13.8. The van der Waals surface area contributed by atoms with Gasteiger partial charge >= 0.3 is 5.97 Å². The summed E-state index contributed by atoms with van der Waals surface area (Å²) in [6, 6.07) is 0. The molecule has 0 amide bonds. The minimum Gasteiger partial charge on any atom is -0.460 e. The normalized spacial score (nSPS) is 11.5. The highest BCUT2D eigenvalue weighted by Gasteiger charge is 2.14. The number of esters is 1. The van der Waals surface area contributed by atoms with Crippen LogP contribution in [0.25, 0.3) is 0 Å². The van der Waals surface area contributed by atoms with Gasteiger partial charge in [0.15, 0.2) is 0 Å². The molecule has 0 heterocycles. The minimum atomic E-state index is -0.342. The lowest BCUT2D eigenvalue weighted by molar-refractivity contribution is -0.891. The summed E-state index contributed by atoms with van der Waals surface area (Å²) in [5.74, 6) is -0.342. The highest BCUT2D eigenvalue weighted by Crippen LogP contribution is 2.11. The van der Waals surface area contributed by atoms with Crippen molar-refractivity contribution in [1.82, 2.24) is 0 Å². The van der Waals surface area contributed by atoms with Crippen molar-refractivity contribution >= 4 is 5.97 Å². The van der Waals surface area contributed by atoms with Crippen LogP contribution in [0.15, 0.2) is 12.2 Å². The standard InChI is InChI=1S/C22H44NO3/c1-6-7-8-9-10-11-12-13-14-15-16-23(4,5)17-18-25-19-20-26-22(24)21(2)3/h2,6-20H2,1,3-5H3/q+1. The fraction of sp³-hybridized carbons (Fsp3) is 0.864. The molecular formula is C22H44NO3+. The second kappa shape index (κ2) is 16.3. The number of nitrogens with zero attached hydrogens (tertiary/aromatic N) is 1. The molecule has 26 heavy (non-hydrogen) atoms. The number of unbranched alkanes of at least 4 members (excludes halogenated alkanes) is 9. The predicted molar refractivity (Wildman–Crippen MR) is 110 cm³/mol. The van der Waals surface area contributed by atoms with Gasteiger partial charge in [0.25, 0.3) is 0 Å². The van der Waals surface area contributed by atoms with Crippen LogP contribution in [0.4, 0.5) is 0 Å². The Morgan fingerprint density at radius 3 is 1.88 bits per heavy atom. The molecule has 154 valence electrons. The Balaban J connectivity index is 3.44. The SMILES string of the molecule is C=C(C)C(=O)OCCOCC[N+](C)(C)CCCCCCCCCCCC. The van der Waals surface area contributed by atoms with Crippen molar-refractivity contribution in [1.29, 1.82) is 0 Å². The maximum Gasteiger partial charge on any atom is 0.333 e. The predicted octanol–water partition coefficient (Wildman–Crippen LogP) is 5.12. The van der Waals surface area contributed by atoms with Gasteiger partial charge < -0.3 is 14.0 Å². The van der Waals surface area contributed by atoms with Crippen molar-refractivity contribution in [2.75, 3.05) is 47.0 Å². The van der Waals surface area contributed by atoms with E-state index in [2.05, 4.69) is 27.6 Å². The molecule has 0 bridgehead atoms. The average molecular weight is 371 g/mol. The van der Waals surface area contributed by atoms with Crippen LogP contribution in [0.1, 0.15) is 78.1 Å². The summed E-state index contributed by atoms with van der Waals surface area (Å²) in [5, 5.41) is 0. The molecule has 0 atom stereocenters. The zero-order valence-electron chi connectivity index (χ0n) is 18.0. The molecule has 0 saturated carbocycles. The van der Waals surface area contributed by atoms with Crippen LogP contribution in [-0.2, 0) is 14.3 Å². The molecule has 0 fully saturated rings. The molecule has 0 aliphatic heterocycles. The topological polar surface area (TPSA) is 35.5 Å². The number of carbonyl (C=O) groups is 1. The third kappa shape index (κ3) is 16.6. The summed E-state index contributed by atoms with van der Waals surface area (Å²) >= 11 is 0. The largest absolute Gasteiger partial charge is 0.460 e. The van der Waals surface area contributed by atoms with E-state index in [9.17, 15) is 4.79 Å². The number of ether oxygens (including phenoxy) is 2. The fourth-order valence-electron chi connectivity index (χ4n) is 2.87. The Morgan fingerprint density at radius 1 is 0.808 bits per heavy atom. The number of hydrogen-bond acceptors (Lipinski definition) is 3. The van der Waals surface area contributed by atoms with Crippen LogP contribution in [0.3, 0.4) is 0 Å². The van der Waals surface area contributed by atoms with Gasteiger partial charge in [-0.15, -0.1) is 0 Å². The molecular weight excluding hydrogens is 326 g/mol. The second-order valence-corrected chi connectivity index (χ2v) is 8.09. The Morgan fingerprint density at radius 2 is 1.35 bits per heavy atom. The molecule has 0 aromatic rings. The van der Waals surface area contributed by atoms with Gasteiger partial charge in [0.05, 0.1) is 33.9 Å². The van der Waals surface area contributed by atoms with E-state index in [1.165, 1.54) is 70.8 Å². The first-order chi connectivity index (χ1) is 12.4. The molecule has 0 aromatic heterocycles. The van der Waals surface area contributed by atoms with Crippen molar-refractivity contribution in [3.8, 4) is 0 Å². The number of quaternary nitrogens is 1. The van der Waals surface area contributed by atoms with Crippen molar-refractivity contribution in [2.24, 2.45) is 0 Å². The molecule has 0 saturated heterocycles. The van der Waals surface area contributed by atoms with Gasteiger partial charge in [-0.25, -0.2) is 4.79 Å². The van der Waals surface area contributed by atoms with Gasteiger partial charge in [0, 0.05) is 5.57 Å². The van der Waals surface area contributed by atoms with E-state index in [1.807, 2.05) is 0 Å². The Bertz CT molecular complexity index is 366. The summed E-state index contributed by atoms with van der Waals surface area (Å²) in [4.78, 5) is 11.2.